The molecule has 0 aliphatic rings. The number of ketones is 2. The van der Waals surface area contributed by atoms with Gasteiger partial charge in [-0.25, -0.2) is 0 Å². The van der Waals surface area contributed by atoms with Gasteiger partial charge in [0.25, 0.3) is 0 Å². The Morgan fingerprint density at radius 3 is 1.55 bits per heavy atom. The third-order valence-corrected chi connectivity index (χ3v) is 8.88. The molecule has 4 nitrogen and oxygen atoms in total. The molecule has 0 atom stereocenters. The van der Waals surface area contributed by atoms with Crippen LogP contribution in [0, 0.1) is 0 Å². The lowest BCUT2D eigenvalue weighted by molar-refractivity contribution is 0.0977. The molecule has 0 aromatic heterocycles. The van der Waals surface area contributed by atoms with Gasteiger partial charge in [-0.15, -0.1) is 0 Å². The van der Waals surface area contributed by atoms with Crippen LogP contribution >= 0.6 is 0 Å². The van der Waals surface area contributed by atoms with Crippen molar-refractivity contribution in [2.75, 3.05) is 0 Å². The van der Waals surface area contributed by atoms with E-state index < -0.39 is 0 Å². The highest BCUT2D eigenvalue weighted by atomic mass is 16.5. The van der Waals surface area contributed by atoms with Gasteiger partial charge < -0.3 is 9.47 Å². The van der Waals surface area contributed by atoms with Gasteiger partial charge in [-0.2, -0.15) is 0 Å². The average Bonchev–Trinajstić information content (AvgIpc) is 3.15. The van der Waals surface area contributed by atoms with Crippen LogP contribution in [0.25, 0.3) is 33.0 Å². The first-order chi connectivity index (χ1) is 24.0. The molecule has 49 heavy (non-hydrogen) atoms. The quantitative estimate of drug-likeness (QED) is 0.0823. The van der Waals surface area contributed by atoms with E-state index in [0.29, 0.717) is 42.3 Å². The van der Waals surface area contributed by atoms with Gasteiger partial charge in [0, 0.05) is 17.5 Å². The number of ether oxygens (including phenoxy) is 2. The minimum Gasteiger partial charge on any atom is -0.489 e. The van der Waals surface area contributed by atoms with E-state index in [2.05, 4.69) is 43.3 Å². The maximum Gasteiger partial charge on any atom is 0.163 e. The van der Waals surface area contributed by atoms with Crippen molar-refractivity contribution in [1.29, 1.82) is 0 Å². The lowest BCUT2D eigenvalue weighted by Gasteiger charge is -2.14. The molecule has 4 heteroatoms. The molecule has 0 aliphatic carbocycles. The average molecular weight is 647 g/mol. The normalized spacial score (nSPS) is 11.0. The predicted octanol–water partition coefficient (Wildman–Crippen LogP) is 11.7. The summed E-state index contributed by atoms with van der Waals surface area (Å²) in [5, 5.41) is 2.11. The number of hydrogen-bond acceptors (Lipinski definition) is 4. The van der Waals surface area contributed by atoms with Gasteiger partial charge in [0.2, 0.25) is 0 Å². The Labute approximate surface area is 289 Å². The number of Topliss-reactive ketones (excluding diaryl/α,β-unsaturated/α-hetero) is 2. The molecule has 0 fully saturated rings. The molecule has 0 saturated carbocycles. The molecule has 0 spiro atoms. The van der Waals surface area contributed by atoms with Crippen LogP contribution in [0.4, 0.5) is 0 Å². The summed E-state index contributed by atoms with van der Waals surface area (Å²) in [7, 11) is 0. The molecule has 0 amide bonds. The Morgan fingerprint density at radius 2 is 1.04 bits per heavy atom. The lowest BCUT2D eigenvalue weighted by atomic mass is 9.91. The Bertz CT molecular complexity index is 2050. The fourth-order valence-electron chi connectivity index (χ4n) is 6.16. The molecule has 0 bridgehead atoms. The smallest absolute Gasteiger partial charge is 0.163 e. The van der Waals surface area contributed by atoms with E-state index in [9.17, 15) is 9.59 Å². The molecule has 0 heterocycles. The summed E-state index contributed by atoms with van der Waals surface area (Å²) in [6.07, 6.45) is 4.71. The molecule has 0 N–H and O–H groups in total. The molecule has 0 unspecified atom stereocenters. The molecule has 0 radical (unpaired) electrons. The van der Waals surface area contributed by atoms with E-state index in [1.54, 1.807) is 6.92 Å². The summed E-state index contributed by atoms with van der Waals surface area (Å²) >= 11 is 0. The van der Waals surface area contributed by atoms with Gasteiger partial charge >= 0.3 is 0 Å². The van der Waals surface area contributed by atoms with Crippen molar-refractivity contribution in [3.05, 3.63) is 156 Å². The van der Waals surface area contributed by atoms with Gasteiger partial charge in [0.1, 0.15) is 24.7 Å². The van der Waals surface area contributed by atoms with Crippen LogP contribution in [-0.4, -0.2) is 11.6 Å². The van der Waals surface area contributed by atoms with Gasteiger partial charge in [-0.05, 0) is 106 Å². The van der Waals surface area contributed by atoms with Crippen LogP contribution in [0.15, 0.2) is 133 Å². The largest absolute Gasteiger partial charge is 0.489 e. The van der Waals surface area contributed by atoms with Crippen LogP contribution in [0.1, 0.15) is 77.8 Å². The van der Waals surface area contributed by atoms with E-state index in [-0.39, 0.29) is 11.6 Å². The summed E-state index contributed by atoms with van der Waals surface area (Å²) in [4.78, 5) is 26.4. The molecule has 6 rings (SSSR count). The highest BCUT2D eigenvalue weighted by Crippen LogP contribution is 2.35. The summed E-state index contributed by atoms with van der Waals surface area (Å²) in [5.41, 5.74) is 7.18. The zero-order valence-corrected chi connectivity index (χ0v) is 28.3. The van der Waals surface area contributed by atoms with Crippen molar-refractivity contribution in [2.45, 2.75) is 59.2 Å². The predicted molar refractivity (Wildman–Crippen MR) is 199 cm³/mol. The maximum atomic E-state index is 13.6. The number of hydrogen-bond donors (Lipinski definition) is 0. The first kappa shape index (κ1) is 33.4. The molecule has 246 valence electrons. The zero-order valence-electron chi connectivity index (χ0n) is 28.3. The first-order valence-corrected chi connectivity index (χ1v) is 17.2. The minimum atomic E-state index is -0.0151. The number of rotatable bonds is 15. The Hall–Kier alpha value is -5.48. The summed E-state index contributed by atoms with van der Waals surface area (Å²) in [5.74, 6) is 1.47. The second-order valence-electron chi connectivity index (χ2n) is 12.5. The van der Waals surface area contributed by atoms with Crippen LogP contribution < -0.4 is 9.47 Å². The van der Waals surface area contributed by atoms with Gasteiger partial charge in [-0.1, -0.05) is 111 Å². The monoisotopic (exact) mass is 646 g/mol. The highest BCUT2D eigenvalue weighted by Gasteiger charge is 2.16. The van der Waals surface area contributed by atoms with Crippen LogP contribution in [0.3, 0.4) is 0 Å². The van der Waals surface area contributed by atoms with Crippen molar-refractivity contribution in [3.63, 3.8) is 0 Å². The fraction of sp³-hybridized carbons (Fsp3) is 0.200. The Morgan fingerprint density at radius 1 is 0.531 bits per heavy atom. The van der Waals surface area contributed by atoms with Crippen molar-refractivity contribution >= 4 is 22.3 Å². The van der Waals surface area contributed by atoms with E-state index >= 15 is 0 Å². The number of carbonyl (C=O) groups is 2. The van der Waals surface area contributed by atoms with E-state index in [0.717, 1.165) is 69.8 Å². The SMILES string of the molecule is CCCCCCC(=O)c1cc(OCc2ccccc2)ccc1-c1ccc2cc(-c3ccc(OCc4ccccc4)cc3C(C)=O)ccc2c1. The van der Waals surface area contributed by atoms with Crippen LogP contribution in [0.2, 0.25) is 0 Å². The summed E-state index contributed by atoms with van der Waals surface area (Å²) in [6, 6.07) is 44.2. The van der Waals surface area contributed by atoms with Crippen molar-refractivity contribution in [1.82, 2.24) is 0 Å². The number of unbranched alkanes of at least 4 members (excludes halogenated alkanes) is 3. The van der Waals surface area contributed by atoms with E-state index in [1.807, 2.05) is 97.1 Å². The molecule has 6 aromatic rings. The van der Waals surface area contributed by atoms with Crippen molar-refractivity contribution < 1.29 is 19.1 Å². The van der Waals surface area contributed by atoms with Gasteiger partial charge in [0.15, 0.2) is 11.6 Å². The standard InChI is InChI=1S/C45H42O4/c1-3-4-5-12-17-45(47)44-29-40(49-31-34-15-10-7-11-16-34)23-25-42(44)38-21-19-35-26-37(20-18-36(35)27-38)41-24-22-39(28-43(41)32(2)46)48-30-33-13-8-6-9-14-33/h6-11,13-16,18-29H,3-5,12,17,30-31H2,1-2H3. The third-order valence-electron chi connectivity index (χ3n) is 8.88. The molecular formula is C45H42O4. The van der Waals surface area contributed by atoms with E-state index in [4.69, 9.17) is 9.47 Å². The van der Waals surface area contributed by atoms with Gasteiger partial charge in [0.05, 0.1) is 0 Å². The summed E-state index contributed by atoms with van der Waals surface area (Å²) in [6.45, 7) is 4.65. The highest BCUT2D eigenvalue weighted by molar-refractivity contribution is 6.04. The number of carbonyl (C=O) groups excluding carboxylic acids is 2. The molecule has 0 saturated heterocycles. The molecule has 0 aliphatic heterocycles. The summed E-state index contributed by atoms with van der Waals surface area (Å²) < 4.78 is 12.1. The Kier molecular flexibility index (Phi) is 11.0. The number of benzene rings is 6. The zero-order chi connectivity index (χ0) is 34.0. The Balaban J connectivity index is 1.27. The fourth-order valence-corrected chi connectivity index (χ4v) is 6.16. The van der Waals surface area contributed by atoms with Crippen LogP contribution in [-0.2, 0) is 13.2 Å². The van der Waals surface area contributed by atoms with E-state index in [1.165, 1.54) is 0 Å². The molecule has 6 aromatic carbocycles. The van der Waals surface area contributed by atoms with Crippen molar-refractivity contribution in [3.8, 4) is 33.8 Å². The van der Waals surface area contributed by atoms with Crippen LogP contribution in [0.5, 0.6) is 11.5 Å². The van der Waals surface area contributed by atoms with Gasteiger partial charge in [-0.3, -0.25) is 9.59 Å². The maximum absolute atomic E-state index is 13.6. The lowest BCUT2D eigenvalue weighted by Crippen LogP contribution is -2.04. The minimum absolute atomic E-state index is 0.0151. The first-order valence-electron chi connectivity index (χ1n) is 17.2. The second kappa shape index (κ2) is 16.1. The molecular weight excluding hydrogens is 604 g/mol. The number of fused-ring (bicyclic) bond motifs is 1. The second-order valence-corrected chi connectivity index (χ2v) is 12.5. The third kappa shape index (κ3) is 8.52. The van der Waals surface area contributed by atoms with Crippen molar-refractivity contribution in [2.24, 2.45) is 0 Å². The topological polar surface area (TPSA) is 52.6 Å².